The first-order valence-electron chi connectivity index (χ1n) is 6.83. The molecule has 0 spiro atoms. The largest absolute Gasteiger partial charge is 0.314 e. The number of piperazine rings is 1. The van der Waals surface area contributed by atoms with E-state index in [1.807, 2.05) is 0 Å². The van der Waals surface area contributed by atoms with Crippen molar-refractivity contribution < 1.29 is 0 Å². The zero-order chi connectivity index (χ0) is 11.4. The maximum absolute atomic E-state index is 3.53. The molecule has 2 saturated heterocycles. The monoisotopic (exact) mass is 242 g/mol. The summed E-state index contributed by atoms with van der Waals surface area (Å²) in [6, 6.07) is 0.760. The third-order valence-corrected chi connectivity index (χ3v) is 5.26. The Morgan fingerprint density at radius 2 is 2.25 bits per heavy atom. The fraction of sp³-hybridized carbons (Fsp3) is 1.00. The van der Waals surface area contributed by atoms with E-state index in [-0.39, 0.29) is 0 Å². The number of nitrogens with one attached hydrogen (secondary N) is 1. The van der Waals surface area contributed by atoms with Crippen molar-refractivity contribution in [2.75, 3.05) is 31.9 Å². The normalized spacial score (nSPS) is 33.2. The van der Waals surface area contributed by atoms with Gasteiger partial charge in [0.15, 0.2) is 0 Å². The van der Waals surface area contributed by atoms with Crippen LogP contribution in [0.5, 0.6) is 0 Å². The first kappa shape index (κ1) is 12.7. The van der Waals surface area contributed by atoms with Crippen LogP contribution in [-0.4, -0.2) is 48.1 Å². The molecule has 0 aromatic carbocycles. The lowest BCUT2D eigenvalue weighted by Crippen LogP contribution is -2.55. The predicted molar refractivity (Wildman–Crippen MR) is 73.2 cm³/mol. The molecule has 0 saturated carbocycles. The summed E-state index contributed by atoms with van der Waals surface area (Å²) in [6.45, 7) is 9.67. The van der Waals surface area contributed by atoms with E-state index >= 15 is 0 Å². The SMILES string of the molecule is CC(C)C1CNCCN1CC1CCCCS1. The number of hydrogen-bond donors (Lipinski definition) is 1. The molecule has 2 aliphatic rings. The second-order valence-corrected chi connectivity index (χ2v) is 6.91. The molecule has 2 atom stereocenters. The Bertz CT molecular complexity index is 202. The van der Waals surface area contributed by atoms with E-state index in [1.165, 1.54) is 51.2 Å². The van der Waals surface area contributed by atoms with Crippen molar-refractivity contribution in [1.29, 1.82) is 0 Å². The smallest absolute Gasteiger partial charge is 0.0244 e. The molecule has 0 aliphatic carbocycles. The molecule has 94 valence electrons. The van der Waals surface area contributed by atoms with E-state index in [0.29, 0.717) is 0 Å². The molecule has 2 aliphatic heterocycles. The molecular weight excluding hydrogens is 216 g/mol. The number of thioether (sulfide) groups is 1. The fourth-order valence-electron chi connectivity index (χ4n) is 2.86. The van der Waals surface area contributed by atoms with Gasteiger partial charge in [0.25, 0.3) is 0 Å². The van der Waals surface area contributed by atoms with Gasteiger partial charge in [-0.05, 0) is 24.5 Å². The van der Waals surface area contributed by atoms with E-state index in [1.54, 1.807) is 0 Å². The second-order valence-electron chi connectivity index (χ2n) is 5.50. The number of rotatable bonds is 3. The number of nitrogens with zero attached hydrogens (tertiary/aromatic N) is 1. The van der Waals surface area contributed by atoms with Gasteiger partial charge >= 0.3 is 0 Å². The summed E-state index contributed by atoms with van der Waals surface area (Å²) in [5.74, 6) is 2.17. The standard InChI is InChI=1S/C13H26N2S/c1-11(2)13-9-14-6-7-15(13)10-12-5-3-4-8-16-12/h11-14H,3-10H2,1-2H3. The lowest BCUT2D eigenvalue weighted by Gasteiger charge is -2.40. The lowest BCUT2D eigenvalue weighted by atomic mass is 10.00. The van der Waals surface area contributed by atoms with Gasteiger partial charge in [0, 0.05) is 37.5 Å². The Morgan fingerprint density at radius 1 is 1.38 bits per heavy atom. The molecule has 0 bridgehead atoms. The molecule has 2 fully saturated rings. The maximum atomic E-state index is 3.53. The van der Waals surface area contributed by atoms with Crippen molar-refractivity contribution in [3.8, 4) is 0 Å². The molecule has 0 radical (unpaired) electrons. The van der Waals surface area contributed by atoms with Crippen LogP contribution in [0.3, 0.4) is 0 Å². The van der Waals surface area contributed by atoms with Gasteiger partial charge in [0.1, 0.15) is 0 Å². The highest BCUT2D eigenvalue weighted by atomic mass is 32.2. The Morgan fingerprint density at radius 3 is 2.94 bits per heavy atom. The van der Waals surface area contributed by atoms with Gasteiger partial charge < -0.3 is 5.32 Å². The zero-order valence-electron chi connectivity index (χ0n) is 10.7. The molecular formula is C13H26N2S. The minimum Gasteiger partial charge on any atom is -0.314 e. The van der Waals surface area contributed by atoms with Crippen molar-refractivity contribution in [1.82, 2.24) is 10.2 Å². The predicted octanol–water partition coefficient (Wildman–Crippen LogP) is 2.20. The van der Waals surface area contributed by atoms with Crippen LogP contribution in [0.2, 0.25) is 0 Å². The Labute approximate surface area is 105 Å². The van der Waals surface area contributed by atoms with Gasteiger partial charge in [-0.25, -0.2) is 0 Å². The van der Waals surface area contributed by atoms with Gasteiger partial charge in [-0.1, -0.05) is 20.3 Å². The fourth-order valence-corrected chi connectivity index (χ4v) is 4.20. The molecule has 0 amide bonds. The van der Waals surface area contributed by atoms with E-state index in [0.717, 1.165) is 17.2 Å². The number of hydrogen-bond acceptors (Lipinski definition) is 3. The molecule has 2 heterocycles. The van der Waals surface area contributed by atoms with Crippen LogP contribution >= 0.6 is 11.8 Å². The Kier molecular flexibility index (Phi) is 4.98. The van der Waals surface area contributed by atoms with Crippen molar-refractivity contribution in [2.24, 2.45) is 5.92 Å². The summed E-state index contributed by atoms with van der Waals surface area (Å²) < 4.78 is 0. The van der Waals surface area contributed by atoms with Gasteiger partial charge in [0.05, 0.1) is 0 Å². The summed E-state index contributed by atoms with van der Waals surface area (Å²) in [7, 11) is 0. The Balaban J connectivity index is 1.85. The molecule has 16 heavy (non-hydrogen) atoms. The van der Waals surface area contributed by atoms with Crippen LogP contribution in [0.1, 0.15) is 33.1 Å². The summed E-state index contributed by atoms with van der Waals surface area (Å²) >= 11 is 2.21. The average Bonchev–Trinajstić information content (AvgIpc) is 2.31. The van der Waals surface area contributed by atoms with Gasteiger partial charge in [-0.2, -0.15) is 11.8 Å². The molecule has 0 aromatic rings. The summed E-state index contributed by atoms with van der Waals surface area (Å²) in [5, 5.41) is 4.45. The van der Waals surface area contributed by atoms with Crippen molar-refractivity contribution >= 4 is 11.8 Å². The molecule has 0 aromatic heterocycles. The van der Waals surface area contributed by atoms with Gasteiger partial charge in [0.2, 0.25) is 0 Å². The van der Waals surface area contributed by atoms with Crippen LogP contribution in [0.4, 0.5) is 0 Å². The van der Waals surface area contributed by atoms with Crippen LogP contribution in [0, 0.1) is 5.92 Å². The van der Waals surface area contributed by atoms with Crippen LogP contribution in [0.15, 0.2) is 0 Å². The minimum atomic E-state index is 0.760. The maximum Gasteiger partial charge on any atom is 0.0244 e. The van der Waals surface area contributed by atoms with Crippen LogP contribution < -0.4 is 5.32 Å². The minimum absolute atomic E-state index is 0.760. The van der Waals surface area contributed by atoms with Crippen molar-refractivity contribution in [3.05, 3.63) is 0 Å². The summed E-state index contributed by atoms with van der Waals surface area (Å²) in [6.07, 6.45) is 4.34. The third-order valence-electron chi connectivity index (χ3n) is 3.88. The van der Waals surface area contributed by atoms with Crippen LogP contribution in [-0.2, 0) is 0 Å². The Hall–Kier alpha value is 0.270. The first-order chi connectivity index (χ1) is 7.77. The molecule has 1 N–H and O–H groups in total. The first-order valence-corrected chi connectivity index (χ1v) is 7.88. The average molecular weight is 242 g/mol. The van der Waals surface area contributed by atoms with E-state index < -0.39 is 0 Å². The molecule has 2 rings (SSSR count). The quantitative estimate of drug-likeness (QED) is 0.817. The molecule has 2 nitrogen and oxygen atoms in total. The highest BCUT2D eigenvalue weighted by Crippen LogP contribution is 2.27. The highest BCUT2D eigenvalue weighted by Gasteiger charge is 2.27. The van der Waals surface area contributed by atoms with Crippen molar-refractivity contribution in [3.63, 3.8) is 0 Å². The lowest BCUT2D eigenvalue weighted by molar-refractivity contribution is 0.124. The molecule has 2 unspecified atom stereocenters. The topological polar surface area (TPSA) is 15.3 Å². The third kappa shape index (κ3) is 3.38. The summed E-state index contributed by atoms with van der Waals surface area (Å²) in [5.41, 5.74) is 0. The van der Waals surface area contributed by atoms with E-state index in [9.17, 15) is 0 Å². The van der Waals surface area contributed by atoms with Gasteiger partial charge in [-0.15, -0.1) is 0 Å². The second kappa shape index (κ2) is 6.27. The van der Waals surface area contributed by atoms with E-state index in [4.69, 9.17) is 0 Å². The summed E-state index contributed by atoms with van der Waals surface area (Å²) in [4.78, 5) is 2.74. The van der Waals surface area contributed by atoms with E-state index in [2.05, 4.69) is 35.8 Å². The zero-order valence-corrected chi connectivity index (χ0v) is 11.6. The highest BCUT2D eigenvalue weighted by molar-refractivity contribution is 7.99. The molecule has 3 heteroatoms. The van der Waals surface area contributed by atoms with Crippen molar-refractivity contribution in [2.45, 2.75) is 44.4 Å². The van der Waals surface area contributed by atoms with Gasteiger partial charge in [-0.3, -0.25) is 4.90 Å². The van der Waals surface area contributed by atoms with Crippen LogP contribution in [0.25, 0.3) is 0 Å².